The second-order valence-corrected chi connectivity index (χ2v) is 10.5. The van der Waals surface area contributed by atoms with Crippen LogP contribution in [0.15, 0.2) is 54.6 Å². The fraction of sp³-hybridized carbons (Fsp3) is 0.409. The van der Waals surface area contributed by atoms with Crippen LogP contribution in [0, 0.1) is 5.92 Å². The number of thioether (sulfide) groups is 1. The summed E-state index contributed by atoms with van der Waals surface area (Å²) >= 11 is 2.11. The molecule has 3 atom stereocenters. The molecule has 1 fully saturated rings. The molecule has 144 valence electrons. The summed E-state index contributed by atoms with van der Waals surface area (Å²) < 4.78 is 7.29. The number of esters is 1. The molecule has 2 aromatic rings. The van der Waals surface area contributed by atoms with Crippen molar-refractivity contribution in [3.63, 3.8) is 0 Å². The van der Waals surface area contributed by atoms with Gasteiger partial charge in [-0.05, 0) is 0 Å². The van der Waals surface area contributed by atoms with Crippen LogP contribution in [-0.2, 0) is 15.1 Å². The number of hydrogen-bond donors (Lipinski definition) is 1. The van der Waals surface area contributed by atoms with E-state index >= 15 is 0 Å². The Balaban J connectivity index is 1.86. The number of rotatable bonds is 8. The van der Waals surface area contributed by atoms with E-state index in [-0.39, 0.29) is 27.5 Å². The molecule has 1 N–H and O–H groups in total. The van der Waals surface area contributed by atoms with Crippen molar-refractivity contribution < 1.29 is 14.6 Å². The van der Waals surface area contributed by atoms with Crippen molar-refractivity contribution >= 4 is 37.1 Å². The van der Waals surface area contributed by atoms with Crippen LogP contribution in [0.2, 0.25) is 5.32 Å². The number of aliphatic hydroxyl groups is 1. The molecule has 1 saturated heterocycles. The molecular formula is C22H26O3SSe. The van der Waals surface area contributed by atoms with E-state index in [4.69, 9.17) is 4.74 Å². The summed E-state index contributed by atoms with van der Waals surface area (Å²) in [7, 11) is 0. The Labute approximate surface area is 172 Å². The molecule has 0 unspecified atom stereocenters. The Bertz CT molecular complexity index is 767. The maximum absolute atomic E-state index is 12.3. The van der Waals surface area contributed by atoms with E-state index in [1.54, 1.807) is 0 Å². The summed E-state index contributed by atoms with van der Waals surface area (Å²) in [5, 5.41) is 10.8. The van der Waals surface area contributed by atoms with Crippen LogP contribution in [-0.4, -0.2) is 38.4 Å². The number of hydrogen-bond acceptors (Lipinski definition) is 4. The summed E-state index contributed by atoms with van der Waals surface area (Å²) in [4.78, 5) is 12.3. The third-order valence-electron chi connectivity index (χ3n) is 4.96. The number of aliphatic hydroxyl groups excluding tert-OH is 1. The Morgan fingerprint density at radius 1 is 1.22 bits per heavy atom. The Kier molecular flexibility index (Phi) is 7.04. The van der Waals surface area contributed by atoms with Gasteiger partial charge in [-0.3, -0.25) is 0 Å². The van der Waals surface area contributed by atoms with Gasteiger partial charge in [0, 0.05) is 0 Å². The fourth-order valence-electron chi connectivity index (χ4n) is 3.51. The summed E-state index contributed by atoms with van der Waals surface area (Å²) in [6.07, 6.45) is 0.551. The predicted octanol–water partition coefficient (Wildman–Crippen LogP) is 3.70. The Hall–Kier alpha value is -1.26. The summed E-state index contributed by atoms with van der Waals surface area (Å²) in [5.74, 6) is 0.387. The molecule has 0 bridgehead atoms. The maximum atomic E-state index is 12.3. The SMILES string of the molecule is CCS[C@H](C)c1ccccc1[Se]C[C@]1(c2ccccc2)C[C@H](CO)C(=O)O1. The molecule has 1 aliphatic rings. The van der Waals surface area contributed by atoms with Crippen LogP contribution in [0.1, 0.15) is 36.6 Å². The van der Waals surface area contributed by atoms with Gasteiger partial charge in [-0.15, -0.1) is 0 Å². The molecule has 0 spiro atoms. The van der Waals surface area contributed by atoms with Gasteiger partial charge in [0.15, 0.2) is 0 Å². The molecule has 5 heteroatoms. The van der Waals surface area contributed by atoms with Gasteiger partial charge in [0.2, 0.25) is 0 Å². The van der Waals surface area contributed by atoms with Gasteiger partial charge in [-0.2, -0.15) is 0 Å². The van der Waals surface area contributed by atoms with E-state index in [9.17, 15) is 9.90 Å². The molecule has 0 radical (unpaired) electrons. The molecule has 0 aliphatic carbocycles. The molecule has 27 heavy (non-hydrogen) atoms. The van der Waals surface area contributed by atoms with Gasteiger partial charge in [0.1, 0.15) is 0 Å². The molecule has 3 rings (SSSR count). The van der Waals surface area contributed by atoms with Gasteiger partial charge in [-0.25, -0.2) is 0 Å². The summed E-state index contributed by atoms with van der Waals surface area (Å²) in [6, 6.07) is 18.6. The fourth-order valence-corrected chi connectivity index (χ4v) is 7.33. The van der Waals surface area contributed by atoms with Crippen molar-refractivity contribution in [2.45, 2.75) is 36.4 Å². The minimum atomic E-state index is -0.625. The van der Waals surface area contributed by atoms with Crippen molar-refractivity contribution in [1.82, 2.24) is 0 Å². The second-order valence-electron chi connectivity index (χ2n) is 6.79. The van der Waals surface area contributed by atoms with Crippen LogP contribution in [0.4, 0.5) is 0 Å². The zero-order valence-electron chi connectivity index (χ0n) is 15.8. The van der Waals surface area contributed by atoms with Crippen molar-refractivity contribution in [2.24, 2.45) is 5.92 Å². The Morgan fingerprint density at radius 3 is 2.59 bits per heavy atom. The molecule has 1 aliphatic heterocycles. The molecule has 0 aromatic heterocycles. The summed E-state index contributed by atoms with van der Waals surface area (Å²) in [6.45, 7) is 4.29. The van der Waals surface area contributed by atoms with Crippen LogP contribution in [0.5, 0.6) is 0 Å². The first-order chi connectivity index (χ1) is 13.1. The average Bonchev–Trinajstić information content (AvgIpc) is 3.04. The zero-order valence-corrected chi connectivity index (χ0v) is 18.3. The molecule has 1 heterocycles. The standard InChI is InChI=1S/C22H26O3SSe/c1-3-26-16(2)19-11-7-8-12-20(19)27-15-22(18-9-5-4-6-10-18)13-17(14-23)21(24)25-22/h4-12,16-17,23H,3,13-15H2,1-2H3/t16-,17-,22+/m1/s1. The molecule has 0 saturated carbocycles. The molecule has 2 aromatic carbocycles. The van der Waals surface area contributed by atoms with E-state index in [0.29, 0.717) is 11.7 Å². The van der Waals surface area contributed by atoms with Gasteiger partial charge in [0.25, 0.3) is 0 Å². The van der Waals surface area contributed by atoms with Crippen LogP contribution < -0.4 is 4.46 Å². The third kappa shape index (κ3) is 4.60. The third-order valence-corrected chi connectivity index (χ3v) is 8.76. The Morgan fingerprint density at radius 2 is 1.93 bits per heavy atom. The zero-order chi connectivity index (χ0) is 19.3. The number of benzene rings is 2. The normalized spacial score (nSPS) is 23.2. The van der Waals surface area contributed by atoms with E-state index in [0.717, 1.165) is 16.6 Å². The number of ether oxygens (including phenoxy) is 1. The summed E-state index contributed by atoms with van der Waals surface area (Å²) in [5.41, 5.74) is 1.79. The van der Waals surface area contributed by atoms with E-state index < -0.39 is 11.5 Å². The predicted molar refractivity (Wildman–Crippen MR) is 113 cm³/mol. The van der Waals surface area contributed by atoms with Crippen molar-refractivity contribution in [2.75, 3.05) is 12.4 Å². The van der Waals surface area contributed by atoms with Crippen LogP contribution in [0.3, 0.4) is 0 Å². The molecule has 0 amide bonds. The van der Waals surface area contributed by atoms with Gasteiger partial charge < -0.3 is 0 Å². The van der Waals surface area contributed by atoms with Gasteiger partial charge in [0.05, 0.1) is 0 Å². The monoisotopic (exact) mass is 450 g/mol. The van der Waals surface area contributed by atoms with Crippen molar-refractivity contribution in [3.05, 3.63) is 65.7 Å². The number of cyclic esters (lactones) is 1. The van der Waals surface area contributed by atoms with Gasteiger partial charge in [-0.1, -0.05) is 0 Å². The topological polar surface area (TPSA) is 46.5 Å². The van der Waals surface area contributed by atoms with E-state index in [2.05, 4.69) is 38.1 Å². The molecular weight excluding hydrogens is 423 g/mol. The average molecular weight is 449 g/mol. The quantitative estimate of drug-likeness (QED) is 0.493. The minimum absolute atomic E-state index is 0.152. The first-order valence-electron chi connectivity index (χ1n) is 9.32. The second kappa shape index (κ2) is 9.29. The van der Waals surface area contributed by atoms with E-state index in [1.165, 1.54) is 10.0 Å². The number of carbonyl (C=O) groups excluding carboxylic acids is 1. The van der Waals surface area contributed by atoms with Crippen LogP contribution in [0.25, 0.3) is 0 Å². The van der Waals surface area contributed by atoms with Crippen LogP contribution >= 0.6 is 11.8 Å². The first kappa shape index (κ1) is 20.5. The first-order valence-corrected chi connectivity index (χ1v) is 12.4. The van der Waals surface area contributed by atoms with E-state index in [1.807, 2.05) is 42.1 Å². The van der Waals surface area contributed by atoms with Crippen molar-refractivity contribution in [1.29, 1.82) is 0 Å². The molecule has 3 nitrogen and oxygen atoms in total. The van der Waals surface area contributed by atoms with Gasteiger partial charge >= 0.3 is 172 Å². The number of carbonyl (C=O) groups is 1. The van der Waals surface area contributed by atoms with Crippen molar-refractivity contribution in [3.8, 4) is 0 Å².